The zero-order valence-corrected chi connectivity index (χ0v) is 21.8. The van der Waals surface area contributed by atoms with Gasteiger partial charge in [-0.25, -0.2) is 13.9 Å². The molecule has 1 aliphatic rings. The predicted octanol–water partition coefficient (Wildman–Crippen LogP) is 6.25. The van der Waals surface area contributed by atoms with Crippen LogP contribution in [0.15, 0.2) is 48.5 Å². The molecule has 9 heteroatoms. The van der Waals surface area contributed by atoms with Crippen LogP contribution in [0.5, 0.6) is 11.6 Å². The van der Waals surface area contributed by atoms with Crippen molar-refractivity contribution in [1.29, 1.82) is 0 Å². The van der Waals surface area contributed by atoms with E-state index < -0.39 is 11.4 Å². The quantitative estimate of drug-likeness (QED) is 0.404. The minimum Gasteiger partial charge on any atom is -0.438 e. The fourth-order valence-corrected chi connectivity index (χ4v) is 4.19. The number of urea groups is 1. The summed E-state index contributed by atoms with van der Waals surface area (Å²) in [5, 5.41) is 8.36. The highest BCUT2D eigenvalue weighted by molar-refractivity contribution is 6.30. The lowest BCUT2D eigenvalue weighted by Crippen LogP contribution is -2.50. The van der Waals surface area contributed by atoms with Crippen molar-refractivity contribution < 1.29 is 18.7 Å². The number of nitrogens with one attached hydrogen (secondary N) is 1. The molecule has 0 bridgehead atoms. The monoisotopic (exact) mass is 514 g/mol. The number of amides is 2. The van der Waals surface area contributed by atoms with E-state index in [1.807, 2.05) is 39.8 Å². The normalized spacial score (nSPS) is 15.7. The minimum atomic E-state index is -0.409. The van der Waals surface area contributed by atoms with Crippen LogP contribution < -0.4 is 10.1 Å². The van der Waals surface area contributed by atoms with Gasteiger partial charge in [0.25, 0.3) is 0 Å². The first-order chi connectivity index (χ1) is 17.1. The summed E-state index contributed by atoms with van der Waals surface area (Å²) in [6.07, 6.45) is 1.84. The fourth-order valence-electron chi connectivity index (χ4n) is 4.07. The van der Waals surface area contributed by atoms with Gasteiger partial charge in [0.05, 0.1) is 29.6 Å². The molecule has 0 spiro atoms. The van der Waals surface area contributed by atoms with Gasteiger partial charge in [-0.05, 0) is 76.9 Å². The highest BCUT2D eigenvalue weighted by Crippen LogP contribution is 2.32. The molecule has 1 aliphatic heterocycles. The van der Waals surface area contributed by atoms with Crippen LogP contribution in [0.1, 0.15) is 44.9 Å². The van der Waals surface area contributed by atoms with E-state index >= 15 is 0 Å². The van der Waals surface area contributed by atoms with Crippen molar-refractivity contribution in [2.24, 2.45) is 0 Å². The molecule has 0 saturated carbocycles. The van der Waals surface area contributed by atoms with Gasteiger partial charge < -0.3 is 19.7 Å². The van der Waals surface area contributed by atoms with Crippen LogP contribution in [0.2, 0.25) is 5.02 Å². The Balaban J connectivity index is 1.73. The maximum atomic E-state index is 14.0. The van der Waals surface area contributed by atoms with Gasteiger partial charge in [-0.2, -0.15) is 5.10 Å². The van der Waals surface area contributed by atoms with Gasteiger partial charge in [-0.1, -0.05) is 17.7 Å². The molecule has 4 rings (SSSR count). The molecule has 0 radical (unpaired) electrons. The SMILES string of the molecule is Cc1nn(-c2ccc(Cl)cc2)c(Oc2cccc(F)c2)c1CN(C[C@H]1CCCO1)C(=O)NC(C)(C)C. The lowest BCUT2D eigenvalue weighted by Gasteiger charge is -2.30. The zero-order valence-electron chi connectivity index (χ0n) is 21.1. The molecule has 1 saturated heterocycles. The highest BCUT2D eigenvalue weighted by atomic mass is 35.5. The first kappa shape index (κ1) is 26.0. The van der Waals surface area contributed by atoms with Crippen LogP contribution in [0, 0.1) is 12.7 Å². The molecule has 1 fully saturated rings. The summed E-state index contributed by atoms with van der Waals surface area (Å²) in [5.41, 5.74) is 1.73. The van der Waals surface area contributed by atoms with Gasteiger partial charge in [0, 0.05) is 29.8 Å². The zero-order chi connectivity index (χ0) is 25.9. The molecule has 0 unspecified atom stereocenters. The minimum absolute atomic E-state index is 0.0325. The largest absolute Gasteiger partial charge is 0.438 e. The van der Waals surface area contributed by atoms with Gasteiger partial charge >= 0.3 is 6.03 Å². The number of benzene rings is 2. The first-order valence-electron chi connectivity index (χ1n) is 12.1. The van der Waals surface area contributed by atoms with Crippen molar-refractivity contribution in [2.45, 2.75) is 58.7 Å². The van der Waals surface area contributed by atoms with Crippen LogP contribution in [0.4, 0.5) is 9.18 Å². The predicted molar refractivity (Wildman–Crippen MR) is 137 cm³/mol. The van der Waals surface area contributed by atoms with E-state index in [-0.39, 0.29) is 18.7 Å². The Morgan fingerprint density at radius 3 is 2.67 bits per heavy atom. The maximum absolute atomic E-state index is 14.0. The molecule has 36 heavy (non-hydrogen) atoms. The smallest absolute Gasteiger partial charge is 0.318 e. The van der Waals surface area contributed by atoms with E-state index in [1.165, 1.54) is 12.1 Å². The number of hydrogen-bond acceptors (Lipinski definition) is 4. The third-order valence-electron chi connectivity index (χ3n) is 5.79. The van der Waals surface area contributed by atoms with Crippen LogP contribution in [0.25, 0.3) is 5.69 Å². The molecule has 2 amide bonds. The van der Waals surface area contributed by atoms with Gasteiger partial charge in [0.15, 0.2) is 0 Å². The van der Waals surface area contributed by atoms with E-state index in [0.717, 1.165) is 24.1 Å². The van der Waals surface area contributed by atoms with Crippen molar-refractivity contribution in [3.8, 4) is 17.3 Å². The standard InChI is InChI=1S/C27H32ClFN4O3/c1-18-24(17-32(16-23-9-6-14-35-23)26(34)30-27(2,3)4)25(36-22-8-5-7-20(29)15-22)33(31-18)21-12-10-19(28)11-13-21/h5,7-8,10-13,15,23H,6,9,14,16-17H2,1-4H3,(H,30,34)/t23-/m1/s1. The molecule has 1 atom stereocenters. The highest BCUT2D eigenvalue weighted by Gasteiger charge is 2.29. The van der Waals surface area contributed by atoms with Crippen LogP contribution >= 0.6 is 11.6 Å². The van der Waals surface area contributed by atoms with E-state index in [2.05, 4.69) is 5.32 Å². The third-order valence-corrected chi connectivity index (χ3v) is 6.04. The fraction of sp³-hybridized carbons (Fsp3) is 0.407. The lowest BCUT2D eigenvalue weighted by atomic mass is 10.1. The Morgan fingerprint density at radius 1 is 1.28 bits per heavy atom. The Kier molecular flexibility index (Phi) is 7.85. The summed E-state index contributed by atoms with van der Waals surface area (Å²) in [6.45, 7) is 9.07. The summed E-state index contributed by atoms with van der Waals surface area (Å²) in [6, 6.07) is 12.9. The molecule has 1 aromatic heterocycles. The lowest BCUT2D eigenvalue weighted by molar-refractivity contribution is 0.0779. The molecule has 1 N–H and O–H groups in total. The second-order valence-corrected chi connectivity index (χ2v) is 10.4. The average molecular weight is 515 g/mol. The maximum Gasteiger partial charge on any atom is 0.318 e. The van der Waals surface area contributed by atoms with Crippen molar-refractivity contribution in [3.05, 3.63) is 70.6 Å². The third kappa shape index (κ3) is 6.56. The number of hydrogen-bond donors (Lipinski definition) is 1. The molecule has 3 aromatic rings. The number of aromatic nitrogens is 2. The summed E-state index contributed by atoms with van der Waals surface area (Å²) in [4.78, 5) is 15.0. The summed E-state index contributed by atoms with van der Waals surface area (Å²) in [7, 11) is 0. The Bertz CT molecular complexity index is 1200. The van der Waals surface area contributed by atoms with Gasteiger partial charge in [-0.15, -0.1) is 0 Å². The van der Waals surface area contributed by atoms with Crippen molar-refractivity contribution >= 4 is 17.6 Å². The number of ether oxygens (including phenoxy) is 2. The molecule has 7 nitrogen and oxygen atoms in total. The van der Waals surface area contributed by atoms with Gasteiger partial charge in [-0.3, -0.25) is 0 Å². The second kappa shape index (κ2) is 10.9. The molecule has 2 heterocycles. The summed E-state index contributed by atoms with van der Waals surface area (Å²) < 4.78 is 27.6. The number of halogens is 2. The van der Waals surface area contributed by atoms with E-state index in [4.69, 9.17) is 26.2 Å². The van der Waals surface area contributed by atoms with Crippen molar-refractivity contribution in [3.63, 3.8) is 0 Å². The van der Waals surface area contributed by atoms with Crippen LogP contribution in [-0.4, -0.2) is 45.5 Å². The molecular weight excluding hydrogens is 483 g/mol. The second-order valence-electron chi connectivity index (χ2n) is 10.0. The summed E-state index contributed by atoms with van der Waals surface area (Å²) >= 11 is 6.09. The Morgan fingerprint density at radius 2 is 2.03 bits per heavy atom. The van der Waals surface area contributed by atoms with Crippen LogP contribution in [0.3, 0.4) is 0 Å². The first-order valence-corrected chi connectivity index (χ1v) is 12.4. The van der Waals surface area contributed by atoms with Gasteiger partial charge in [0.1, 0.15) is 11.6 Å². The van der Waals surface area contributed by atoms with Crippen LogP contribution in [-0.2, 0) is 11.3 Å². The summed E-state index contributed by atoms with van der Waals surface area (Å²) in [5.74, 6) is 0.324. The molecule has 192 valence electrons. The molecule has 0 aliphatic carbocycles. The Labute approximate surface area is 216 Å². The Hall–Kier alpha value is -3.10. The van der Waals surface area contributed by atoms with Gasteiger partial charge in [0.2, 0.25) is 5.88 Å². The number of carbonyl (C=O) groups excluding carboxylic acids is 1. The number of carbonyl (C=O) groups is 1. The van der Waals surface area contributed by atoms with Crippen molar-refractivity contribution in [1.82, 2.24) is 20.0 Å². The van der Waals surface area contributed by atoms with E-state index in [0.29, 0.717) is 35.5 Å². The average Bonchev–Trinajstić information content (AvgIpc) is 3.41. The molecule has 2 aromatic carbocycles. The topological polar surface area (TPSA) is 68.6 Å². The van der Waals surface area contributed by atoms with E-state index in [9.17, 15) is 9.18 Å². The molecular formula is C27H32ClFN4O3. The van der Waals surface area contributed by atoms with E-state index in [1.54, 1.807) is 33.8 Å². The number of aryl methyl sites for hydroxylation is 1. The van der Waals surface area contributed by atoms with Crippen molar-refractivity contribution in [2.75, 3.05) is 13.2 Å². The number of rotatable bonds is 7. The number of nitrogens with zero attached hydrogens (tertiary/aromatic N) is 3.